The number of rotatable bonds is 5. The van der Waals surface area contributed by atoms with E-state index in [9.17, 15) is 10.1 Å². The highest BCUT2D eigenvalue weighted by molar-refractivity contribution is 4.68. The van der Waals surface area contributed by atoms with Crippen LogP contribution in [0.3, 0.4) is 0 Å². The van der Waals surface area contributed by atoms with Crippen molar-refractivity contribution in [3.63, 3.8) is 0 Å². The lowest BCUT2D eigenvalue weighted by molar-refractivity contribution is -0.515. The van der Waals surface area contributed by atoms with Crippen LogP contribution in [0.2, 0.25) is 0 Å². The van der Waals surface area contributed by atoms with Gasteiger partial charge in [0.15, 0.2) is 0 Å². The summed E-state index contributed by atoms with van der Waals surface area (Å²) in [4.78, 5) is 9.99. The minimum absolute atomic E-state index is 0.263. The third-order valence-electron chi connectivity index (χ3n) is 2.20. The van der Waals surface area contributed by atoms with Gasteiger partial charge >= 0.3 is 0 Å². The van der Waals surface area contributed by atoms with Crippen molar-refractivity contribution < 1.29 is 9.66 Å². The van der Waals surface area contributed by atoms with E-state index in [1.54, 1.807) is 6.92 Å². The highest BCUT2D eigenvalue weighted by Crippen LogP contribution is 2.10. The van der Waals surface area contributed by atoms with E-state index in [2.05, 4.69) is 5.32 Å². The molecule has 1 aliphatic rings. The van der Waals surface area contributed by atoms with Crippen molar-refractivity contribution in [3.05, 3.63) is 10.1 Å². The van der Waals surface area contributed by atoms with Gasteiger partial charge in [-0.25, -0.2) is 0 Å². The lowest BCUT2D eigenvalue weighted by Gasteiger charge is -2.10. The van der Waals surface area contributed by atoms with Crippen LogP contribution in [-0.4, -0.2) is 36.8 Å². The standard InChI is InChI=1S/C8H16N2O3/c1-7(10(11)12)5-9-6-8-3-2-4-13-8/h7-9H,2-6H2,1H3. The Morgan fingerprint density at radius 2 is 2.54 bits per heavy atom. The van der Waals surface area contributed by atoms with E-state index in [4.69, 9.17) is 4.74 Å². The van der Waals surface area contributed by atoms with Crippen molar-refractivity contribution in [1.29, 1.82) is 0 Å². The number of nitrogens with one attached hydrogen (secondary N) is 1. The van der Waals surface area contributed by atoms with Crippen LogP contribution in [-0.2, 0) is 4.74 Å². The van der Waals surface area contributed by atoms with Crippen molar-refractivity contribution >= 4 is 0 Å². The lowest BCUT2D eigenvalue weighted by atomic mass is 10.2. The normalized spacial score (nSPS) is 24.5. The molecule has 0 aliphatic carbocycles. The molecule has 1 saturated heterocycles. The molecule has 0 spiro atoms. The number of ether oxygens (including phenoxy) is 1. The number of nitro groups is 1. The molecule has 1 fully saturated rings. The summed E-state index contributed by atoms with van der Waals surface area (Å²) in [7, 11) is 0. The van der Waals surface area contributed by atoms with Crippen LogP contribution in [0.25, 0.3) is 0 Å². The van der Waals surface area contributed by atoms with Crippen LogP contribution >= 0.6 is 0 Å². The van der Waals surface area contributed by atoms with Crippen LogP contribution in [0, 0.1) is 10.1 Å². The van der Waals surface area contributed by atoms with Crippen LogP contribution in [0.15, 0.2) is 0 Å². The Morgan fingerprint density at radius 3 is 3.08 bits per heavy atom. The molecule has 2 atom stereocenters. The van der Waals surface area contributed by atoms with Crippen molar-refractivity contribution in [2.24, 2.45) is 0 Å². The smallest absolute Gasteiger partial charge is 0.222 e. The fourth-order valence-corrected chi connectivity index (χ4v) is 1.33. The van der Waals surface area contributed by atoms with Gasteiger partial charge in [0.2, 0.25) is 6.04 Å². The van der Waals surface area contributed by atoms with Gasteiger partial charge in [0, 0.05) is 25.0 Å². The van der Waals surface area contributed by atoms with E-state index in [-0.39, 0.29) is 11.0 Å². The summed E-state index contributed by atoms with van der Waals surface area (Å²) in [6, 6.07) is -0.513. The third kappa shape index (κ3) is 3.69. The van der Waals surface area contributed by atoms with Crippen molar-refractivity contribution in [2.75, 3.05) is 19.7 Å². The molecule has 0 aromatic rings. The number of hydrogen-bond donors (Lipinski definition) is 1. The van der Waals surface area contributed by atoms with E-state index in [1.807, 2.05) is 0 Å². The minimum Gasteiger partial charge on any atom is -0.377 e. The van der Waals surface area contributed by atoms with E-state index in [0.29, 0.717) is 6.54 Å². The summed E-state index contributed by atoms with van der Waals surface area (Å²) in [5.41, 5.74) is 0. The largest absolute Gasteiger partial charge is 0.377 e. The predicted octanol–water partition coefficient (Wildman–Crippen LogP) is 0.420. The number of nitrogens with zero attached hydrogens (tertiary/aromatic N) is 1. The summed E-state index contributed by atoms with van der Waals surface area (Å²) < 4.78 is 5.36. The molecule has 1 rings (SSSR count). The molecule has 5 nitrogen and oxygen atoms in total. The average molecular weight is 188 g/mol. The summed E-state index contributed by atoms with van der Waals surface area (Å²) in [5, 5.41) is 13.3. The molecular weight excluding hydrogens is 172 g/mol. The SMILES string of the molecule is CC(CNCC1CCCO1)[N+](=O)[O-]. The summed E-state index contributed by atoms with van der Waals surface area (Å²) >= 11 is 0. The minimum atomic E-state index is -0.513. The van der Waals surface area contributed by atoms with Crippen molar-refractivity contribution in [3.8, 4) is 0 Å². The van der Waals surface area contributed by atoms with Gasteiger partial charge in [-0.15, -0.1) is 0 Å². The summed E-state index contributed by atoms with van der Waals surface area (Å²) in [6.45, 7) is 3.59. The molecule has 76 valence electrons. The Kier molecular flexibility index (Phi) is 4.11. The monoisotopic (exact) mass is 188 g/mol. The predicted molar refractivity (Wildman–Crippen MR) is 48.3 cm³/mol. The van der Waals surface area contributed by atoms with Crippen LogP contribution in [0.1, 0.15) is 19.8 Å². The zero-order valence-corrected chi connectivity index (χ0v) is 7.86. The third-order valence-corrected chi connectivity index (χ3v) is 2.20. The molecule has 5 heteroatoms. The molecule has 1 N–H and O–H groups in total. The van der Waals surface area contributed by atoms with Gasteiger partial charge in [0.05, 0.1) is 12.6 Å². The fraction of sp³-hybridized carbons (Fsp3) is 1.00. The first-order valence-electron chi connectivity index (χ1n) is 4.66. The van der Waals surface area contributed by atoms with Gasteiger partial charge in [-0.1, -0.05) is 0 Å². The van der Waals surface area contributed by atoms with Crippen LogP contribution < -0.4 is 5.32 Å². The van der Waals surface area contributed by atoms with Gasteiger partial charge in [0.1, 0.15) is 0 Å². The molecule has 2 unspecified atom stereocenters. The maximum atomic E-state index is 10.3. The van der Waals surface area contributed by atoms with E-state index in [0.717, 1.165) is 26.0 Å². The fourth-order valence-electron chi connectivity index (χ4n) is 1.33. The van der Waals surface area contributed by atoms with Gasteiger partial charge in [-0.3, -0.25) is 10.1 Å². The highest BCUT2D eigenvalue weighted by Gasteiger charge is 2.17. The van der Waals surface area contributed by atoms with Crippen molar-refractivity contribution in [2.45, 2.75) is 31.9 Å². The summed E-state index contributed by atoms with van der Waals surface area (Å²) in [5.74, 6) is 0. The van der Waals surface area contributed by atoms with Gasteiger partial charge in [-0.2, -0.15) is 0 Å². The zero-order valence-electron chi connectivity index (χ0n) is 7.86. The first-order valence-corrected chi connectivity index (χ1v) is 4.66. The van der Waals surface area contributed by atoms with E-state index >= 15 is 0 Å². The second kappa shape index (κ2) is 5.14. The topological polar surface area (TPSA) is 64.4 Å². The van der Waals surface area contributed by atoms with Crippen LogP contribution in [0.5, 0.6) is 0 Å². The second-order valence-corrected chi connectivity index (χ2v) is 3.43. The Balaban J connectivity index is 2.02. The maximum Gasteiger partial charge on any atom is 0.222 e. The Morgan fingerprint density at radius 1 is 1.77 bits per heavy atom. The first kappa shape index (κ1) is 10.4. The molecule has 0 amide bonds. The second-order valence-electron chi connectivity index (χ2n) is 3.43. The molecule has 0 aromatic heterocycles. The molecule has 1 heterocycles. The molecule has 0 saturated carbocycles. The molecule has 0 bridgehead atoms. The van der Waals surface area contributed by atoms with Crippen LogP contribution in [0.4, 0.5) is 0 Å². The first-order chi connectivity index (χ1) is 6.20. The summed E-state index contributed by atoms with van der Waals surface area (Å²) in [6.07, 6.45) is 2.44. The van der Waals surface area contributed by atoms with E-state index < -0.39 is 6.04 Å². The Bertz CT molecular complexity index is 169. The molecule has 13 heavy (non-hydrogen) atoms. The average Bonchev–Trinajstić information content (AvgIpc) is 2.56. The van der Waals surface area contributed by atoms with Crippen molar-refractivity contribution in [1.82, 2.24) is 5.32 Å². The quantitative estimate of drug-likeness (QED) is 0.501. The number of hydrogen-bond acceptors (Lipinski definition) is 4. The molecular formula is C8H16N2O3. The maximum absolute atomic E-state index is 10.3. The van der Waals surface area contributed by atoms with Gasteiger partial charge in [0.25, 0.3) is 0 Å². The molecule has 0 radical (unpaired) electrons. The van der Waals surface area contributed by atoms with Gasteiger partial charge < -0.3 is 10.1 Å². The van der Waals surface area contributed by atoms with E-state index in [1.165, 1.54) is 0 Å². The Hall–Kier alpha value is -0.680. The zero-order chi connectivity index (χ0) is 9.68. The highest BCUT2D eigenvalue weighted by atomic mass is 16.6. The lowest BCUT2D eigenvalue weighted by Crippen LogP contribution is -2.35. The molecule has 1 aliphatic heterocycles. The Labute approximate surface area is 77.6 Å². The van der Waals surface area contributed by atoms with Gasteiger partial charge in [-0.05, 0) is 12.8 Å². The molecule has 0 aromatic carbocycles.